The molecule has 2 radical (unpaired) electrons. The maximum Gasteiger partial charge on any atom is 0.0731 e. The van der Waals surface area contributed by atoms with E-state index in [0.29, 0.717) is 0 Å². The highest BCUT2D eigenvalue weighted by atomic mass is 28.2. The monoisotopic (exact) mass is 235 g/mol. The van der Waals surface area contributed by atoms with Crippen LogP contribution in [0.2, 0.25) is 0 Å². The summed E-state index contributed by atoms with van der Waals surface area (Å²) in [4.78, 5) is 2.26. The van der Waals surface area contributed by atoms with Crippen LogP contribution in [0.1, 0.15) is 12.5 Å². The number of rotatable bonds is 6. The molecule has 1 aromatic carbocycles. The van der Waals surface area contributed by atoms with Crippen molar-refractivity contribution in [2.24, 2.45) is 0 Å². The molecule has 88 valence electrons. The second-order valence-electron chi connectivity index (χ2n) is 4.44. The van der Waals surface area contributed by atoms with Crippen LogP contribution < -0.4 is 0 Å². The molecule has 0 aliphatic heterocycles. The first-order valence-electron chi connectivity index (χ1n) is 5.54. The minimum absolute atomic E-state index is 0.143. The fraction of sp³-hybridized carbons (Fsp3) is 0.538. The lowest BCUT2D eigenvalue weighted by Gasteiger charge is -2.35. The Bertz CT molecular complexity index is 302. The van der Waals surface area contributed by atoms with Gasteiger partial charge in [0.15, 0.2) is 0 Å². The van der Waals surface area contributed by atoms with E-state index in [0.717, 1.165) is 22.2 Å². The van der Waals surface area contributed by atoms with Gasteiger partial charge in [0.05, 0.1) is 16.1 Å². The average molecular weight is 235 g/mol. The Kier molecular flexibility index (Phi) is 5.18. The van der Waals surface area contributed by atoms with Gasteiger partial charge in [0.25, 0.3) is 0 Å². The van der Waals surface area contributed by atoms with Gasteiger partial charge >= 0.3 is 0 Å². The first kappa shape index (κ1) is 13.4. The molecular formula is C13H21NOSi. The zero-order valence-electron chi connectivity index (χ0n) is 10.7. The quantitative estimate of drug-likeness (QED) is 0.697. The van der Waals surface area contributed by atoms with Gasteiger partial charge in [0, 0.05) is 12.3 Å². The first-order valence-corrected chi connectivity index (χ1v) is 6.74. The van der Waals surface area contributed by atoms with E-state index in [4.69, 9.17) is 4.74 Å². The lowest BCUT2D eigenvalue weighted by molar-refractivity contribution is 0.103. The van der Waals surface area contributed by atoms with Crippen molar-refractivity contribution in [1.82, 2.24) is 4.90 Å². The van der Waals surface area contributed by atoms with Crippen molar-refractivity contribution in [3.63, 3.8) is 0 Å². The third kappa shape index (κ3) is 3.74. The lowest BCUT2D eigenvalue weighted by Crippen LogP contribution is -2.51. The largest absolute Gasteiger partial charge is 0.383 e. The molecule has 0 fully saturated rings. The fourth-order valence-electron chi connectivity index (χ4n) is 1.51. The minimum Gasteiger partial charge on any atom is -0.383 e. The maximum absolute atomic E-state index is 5.32. The maximum atomic E-state index is 5.32. The molecule has 3 heteroatoms. The normalized spacial score (nSPS) is 15.1. The molecule has 1 unspecified atom stereocenters. The molecular weight excluding hydrogens is 214 g/mol. The average Bonchev–Trinajstić information content (AvgIpc) is 2.28. The lowest BCUT2D eigenvalue weighted by atomic mass is 10.2. The van der Waals surface area contributed by atoms with E-state index in [1.807, 2.05) is 0 Å². The summed E-state index contributed by atoms with van der Waals surface area (Å²) >= 11 is 0. The van der Waals surface area contributed by atoms with Gasteiger partial charge in [-0.05, 0) is 27.1 Å². The molecule has 0 spiro atoms. The second-order valence-corrected chi connectivity index (χ2v) is 6.22. The van der Waals surface area contributed by atoms with Gasteiger partial charge in [-0.2, -0.15) is 0 Å². The molecule has 0 aliphatic carbocycles. The molecule has 1 atom stereocenters. The van der Waals surface area contributed by atoms with E-state index >= 15 is 0 Å². The minimum atomic E-state index is 0.143. The van der Waals surface area contributed by atoms with Crippen molar-refractivity contribution in [3.05, 3.63) is 35.9 Å². The summed E-state index contributed by atoms with van der Waals surface area (Å²) in [5.74, 6) is 0. The van der Waals surface area contributed by atoms with Crippen LogP contribution in [-0.4, -0.2) is 47.4 Å². The summed E-state index contributed by atoms with van der Waals surface area (Å²) in [6.45, 7) is 3.04. The van der Waals surface area contributed by atoms with E-state index in [-0.39, 0.29) is 5.16 Å². The predicted molar refractivity (Wildman–Crippen MR) is 69.9 cm³/mol. The smallest absolute Gasteiger partial charge is 0.0731 e. The zero-order valence-corrected chi connectivity index (χ0v) is 11.7. The van der Waals surface area contributed by atoms with Crippen molar-refractivity contribution in [1.29, 1.82) is 0 Å². The molecule has 2 nitrogen and oxygen atoms in total. The third-order valence-corrected chi connectivity index (χ3v) is 4.87. The van der Waals surface area contributed by atoms with Crippen molar-refractivity contribution in [2.75, 3.05) is 27.8 Å². The van der Waals surface area contributed by atoms with Crippen molar-refractivity contribution < 1.29 is 4.74 Å². The van der Waals surface area contributed by atoms with Crippen LogP contribution in [0.3, 0.4) is 0 Å². The summed E-state index contributed by atoms with van der Waals surface area (Å²) in [5, 5.41) is 0.143. The summed E-state index contributed by atoms with van der Waals surface area (Å²) in [6.07, 6.45) is 0. The number of hydrogen-bond donors (Lipinski definition) is 0. The van der Waals surface area contributed by atoms with Crippen LogP contribution >= 0.6 is 0 Å². The Balaban J connectivity index is 2.57. The Labute approximate surface area is 101 Å². The number of likely N-dealkylation sites (N-methyl/N-ethyl adjacent to an activating group) is 1. The molecule has 0 saturated carbocycles. The van der Waals surface area contributed by atoms with Crippen molar-refractivity contribution in [2.45, 2.75) is 18.1 Å². The number of ether oxygens (including phenoxy) is 1. The van der Waals surface area contributed by atoms with Crippen LogP contribution in [0.5, 0.6) is 0 Å². The molecule has 0 saturated heterocycles. The number of methoxy groups -OCH3 is 1. The van der Waals surface area contributed by atoms with Crippen LogP contribution in [0.4, 0.5) is 0 Å². The van der Waals surface area contributed by atoms with Gasteiger partial charge in [-0.25, -0.2) is 0 Å². The van der Waals surface area contributed by atoms with E-state index in [1.165, 1.54) is 5.56 Å². The highest BCUT2D eigenvalue weighted by Crippen LogP contribution is 2.12. The molecule has 0 aliphatic rings. The van der Waals surface area contributed by atoms with Gasteiger partial charge in [-0.3, -0.25) is 0 Å². The van der Waals surface area contributed by atoms with E-state index in [1.54, 1.807) is 7.11 Å². The molecule has 1 rings (SSSR count). The Morgan fingerprint density at radius 2 is 1.88 bits per heavy atom. The number of hydrogen-bond acceptors (Lipinski definition) is 2. The van der Waals surface area contributed by atoms with E-state index in [9.17, 15) is 0 Å². The van der Waals surface area contributed by atoms with Crippen LogP contribution in [-0.2, 0) is 10.8 Å². The van der Waals surface area contributed by atoms with Gasteiger partial charge in [-0.1, -0.05) is 35.9 Å². The summed E-state index contributed by atoms with van der Waals surface area (Å²) in [5.41, 5.74) is 1.41. The molecule has 1 aromatic rings. The van der Waals surface area contributed by atoms with Crippen molar-refractivity contribution >= 4 is 9.52 Å². The highest BCUT2D eigenvalue weighted by molar-refractivity contribution is 6.39. The van der Waals surface area contributed by atoms with E-state index in [2.05, 4.69) is 56.3 Å². The fourth-order valence-corrected chi connectivity index (χ4v) is 2.89. The van der Waals surface area contributed by atoms with Gasteiger partial charge in [0.2, 0.25) is 0 Å². The predicted octanol–water partition coefficient (Wildman–Crippen LogP) is 1.82. The Morgan fingerprint density at radius 1 is 1.25 bits per heavy atom. The molecule has 16 heavy (non-hydrogen) atoms. The molecule has 0 bridgehead atoms. The Morgan fingerprint density at radius 3 is 2.38 bits per heavy atom. The van der Waals surface area contributed by atoms with Gasteiger partial charge < -0.3 is 9.64 Å². The first-order chi connectivity index (χ1) is 7.58. The Hall–Kier alpha value is -0.643. The number of benzene rings is 1. The van der Waals surface area contributed by atoms with Gasteiger partial charge in [0.1, 0.15) is 0 Å². The summed E-state index contributed by atoms with van der Waals surface area (Å²) in [6, 6.07) is 11.8. The molecule has 0 aromatic heterocycles. The molecule has 0 N–H and O–H groups in total. The standard InChI is InChI=1S/C13H21NOSi/c1-13(11-15-4,14(2)3)16-10-12-8-6-5-7-9-12/h5-9H,10-11H2,1-4H3. The van der Waals surface area contributed by atoms with Gasteiger partial charge in [-0.15, -0.1) is 0 Å². The number of nitrogens with zero attached hydrogens (tertiary/aromatic N) is 1. The summed E-state index contributed by atoms with van der Waals surface area (Å²) < 4.78 is 5.32. The van der Waals surface area contributed by atoms with Crippen molar-refractivity contribution in [3.8, 4) is 0 Å². The van der Waals surface area contributed by atoms with Crippen LogP contribution in [0.25, 0.3) is 0 Å². The topological polar surface area (TPSA) is 12.5 Å². The SMILES string of the molecule is COCC(C)([Si]Cc1ccccc1)N(C)C. The highest BCUT2D eigenvalue weighted by Gasteiger charge is 2.27. The zero-order chi connectivity index (χ0) is 12.0. The van der Waals surface area contributed by atoms with E-state index < -0.39 is 0 Å². The van der Waals surface area contributed by atoms with Crippen LogP contribution in [0, 0.1) is 0 Å². The molecule has 0 heterocycles. The third-order valence-electron chi connectivity index (χ3n) is 2.93. The van der Waals surface area contributed by atoms with Crippen LogP contribution in [0.15, 0.2) is 30.3 Å². The summed E-state index contributed by atoms with van der Waals surface area (Å²) in [7, 11) is 6.86. The second kappa shape index (κ2) is 6.18. The molecule has 0 amide bonds.